The molecule has 0 aromatic heterocycles. The van der Waals surface area contributed by atoms with Crippen molar-refractivity contribution in [1.82, 2.24) is 10.6 Å². The summed E-state index contributed by atoms with van der Waals surface area (Å²) in [5, 5.41) is 15.0. The molecule has 2 aliphatic carbocycles. The predicted octanol–water partition coefficient (Wildman–Crippen LogP) is 4.00. The minimum atomic E-state index is -0.756. The van der Waals surface area contributed by atoms with Gasteiger partial charge in [0.1, 0.15) is 5.82 Å². The van der Waals surface area contributed by atoms with Crippen LogP contribution in [0.4, 0.5) is 9.18 Å². The van der Waals surface area contributed by atoms with Crippen LogP contribution in [0.2, 0.25) is 0 Å². The van der Waals surface area contributed by atoms with Gasteiger partial charge in [0.2, 0.25) is 0 Å². The Bertz CT molecular complexity index is 638. The van der Waals surface area contributed by atoms with Gasteiger partial charge < -0.3 is 15.7 Å². The molecule has 0 saturated heterocycles. The number of urea groups is 1. The fraction of sp³-hybridized carbons (Fsp3) is 0.600. The van der Waals surface area contributed by atoms with E-state index in [1.54, 1.807) is 18.2 Å². The summed E-state index contributed by atoms with van der Waals surface area (Å²) < 4.78 is 14.3. The van der Waals surface area contributed by atoms with Crippen LogP contribution in [0.5, 0.6) is 0 Å². The maximum absolute atomic E-state index is 14.3. The van der Waals surface area contributed by atoms with E-state index in [0.717, 1.165) is 25.7 Å². The molecule has 5 nitrogen and oxygen atoms in total. The average Bonchev–Trinajstić information content (AvgIpc) is 3.15. The largest absolute Gasteiger partial charge is 0.481 e. The first-order chi connectivity index (χ1) is 12.5. The molecule has 0 bridgehead atoms. The second-order valence-electron chi connectivity index (χ2n) is 7.55. The molecule has 0 heterocycles. The van der Waals surface area contributed by atoms with Crippen LogP contribution in [0.3, 0.4) is 0 Å². The van der Waals surface area contributed by atoms with Gasteiger partial charge in [0.05, 0.1) is 12.0 Å². The van der Waals surface area contributed by atoms with Gasteiger partial charge in [0.15, 0.2) is 0 Å². The van der Waals surface area contributed by atoms with Gasteiger partial charge in [-0.05, 0) is 50.5 Å². The van der Waals surface area contributed by atoms with Crippen LogP contribution in [0.1, 0.15) is 63.0 Å². The molecular weight excluding hydrogens is 335 g/mol. The maximum atomic E-state index is 14.3. The second-order valence-corrected chi connectivity index (χ2v) is 7.55. The lowest BCUT2D eigenvalue weighted by atomic mass is 9.86. The first kappa shape index (κ1) is 18.7. The Morgan fingerprint density at radius 1 is 1.04 bits per heavy atom. The number of carboxylic acids is 1. The van der Waals surface area contributed by atoms with Crippen LogP contribution in [-0.4, -0.2) is 23.1 Å². The Balaban J connectivity index is 1.61. The summed E-state index contributed by atoms with van der Waals surface area (Å²) in [6.45, 7) is 0. The number of hydrogen-bond donors (Lipinski definition) is 3. The zero-order valence-corrected chi connectivity index (χ0v) is 14.9. The van der Waals surface area contributed by atoms with Gasteiger partial charge in [0.25, 0.3) is 0 Å². The van der Waals surface area contributed by atoms with Crippen molar-refractivity contribution < 1.29 is 19.1 Å². The highest BCUT2D eigenvalue weighted by atomic mass is 19.1. The quantitative estimate of drug-likeness (QED) is 0.741. The van der Waals surface area contributed by atoms with Crippen LogP contribution in [0.15, 0.2) is 24.3 Å². The van der Waals surface area contributed by atoms with Gasteiger partial charge in [-0.2, -0.15) is 0 Å². The second kappa shape index (κ2) is 8.52. The monoisotopic (exact) mass is 362 g/mol. The summed E-state index contributed by atoms with van der Waals surface area (Å²) in [5.41, 5.74) is 0.545. The van der Waals surface area contributed by atoms with E-state index in [1.807, 2.05) is 0 Å². The lowest BCUT2D eigenvalue weighted by Gasteiger charge is -2.30. The number of amides is 2. The fourth-order valence-electron chi connectivity index (χ4n) is 4.32. The van der Waals surface area contributed by atoms with Crippen LogP contribution >= 0.6 is 0 Å². The van der Waals surface area contributed by atoms with Gasteiger partial charge in [-0.1, -0.05) is 31.0 Å². The molecular formula is C20H27FN2O3. The highest BCUT2D eigenvalue weighted by Crippen LogP contribution is 2.36. The van der Waals surface area contributed by atoms with E-state index in [-0.39, 0.29) is 35.8 Å². The Kier molecular flexibility index (Phi) is 6.12. The van der Waals surface area contributed by atoms with Crippen molar-refractivity contribution in [2.24, 2.45) is 11.8 Å². The van der Waals surface area contributed by atoms with E-state index in [9.17, 15) is 14.0 Å². The standard InChI is InChI=1S/C20H27FN2O3/c21-17-8-4-3-7-16(17)18(13-5-1-2-6-13)23-20(26)22-15-11-9-14(10-12-15)19(24)25/h3-4,7-8,13-15,18H,1-2,5-6,9-12H2,(H,24,25)(H2,22,23,26). The molecule has 2 fully saturated rings. The number of halogens is 1. The summed E-state index contributed by atoms with van der Waals surface area (Å²) in [7, 11) is 0. The van der Waals surface area contributed by atoms with Crippen molar-refractivity contribution in [1.29, 1.82) is 0 Å². The number of nitrogens with one attached hydrogen (secondary N) is 2. The van der Waals surface area contributed by atoms with Crippen LogP contribution in [0, 0.1) is 17.7 Å². The van der Waals surface area contributed by atoms with E-state index in [2.05, 4.69) is 10.6 Å². The Hall–Kier alpha value is -2.11. The van der Waals surface area contributed by atoms with Crippen LogP contribution in [0.25, 0.3) is 0 Å². The van der Waals surface area contributed by atoms with Crippen molar-refractivity contribution >= 4 is 12.0 Å². The number of benzene rings is 1. The topological polar surface area (TPSA) is 78.4 Å². The smallest absolute Gasteiger partial charge is 0.315 e. The van der Waals surface area contributed by atoms with Gasteiger partial charge in [-0.15, -0.1) is 0 Å². The number of carbonyl (C=O) groups is 2. The number of carbonyl (C=O) groups excluding carboxylic acids is 1. The third-order valence-corrected chi connectivity index (χ3v) is 5.81. The molecule has 2 saturated carbocycles. The van der Waals surface area contributed by atoms with Crippen molar-refractivity contribution in [2.45, 2.75) is 63.5 Å². The Labute approximate surface area is 153 Å². The molecule has 3 N–H and O–H groups in total. The van der Waals surface area contributed by atoms with E-state index >= 15 is 0 Å². The van der Waals surface area contributed by atoms with Gasteiger partial charge in [-0.25, -0.2) is 9.18 Å². The third-order valence-electron chi connectivity index (χ3n) is 5.81. The minimum absolute atomic E-state index is 0.0181. The number of rotatable bonds is 5. The molecule has 2 amide bonds. The molecule has 0 aliphatic heterocycles. The molecule has 1 aromatic carbocycles. The molecule has 26 heavy (non-hydrogen) atoms. The highest BCUT2D eigenvalue weighted by Gasteiger charge is 2.31. The van der Waals surface area contributed by atoms with Gasteiger partial charge in [0, 0.05) is 11.6 Å². The summed E-state index contributed by atoms with van der Waals surface area (Å²) in [6.07, 6.45) is 6.69. The molecule has 0 radical (unpaired) electrons. The lowest BCUT2D eigenvalue weighted by Crippen LogP contribution is -2.46. The highest BCUT2D eigenvalue weighted by molar-refractivity contribution is 5.75. The zero-order chi connectivity index (χ0) is 18.5. The predicted molar refractivity (Wildman–Crippen MR) is 96.1 cm³/mol. The number of hydrogen-bond acceptors (Lipinski definition) is 2. The third kappa shape index (κ3) is 4.54. The molecule has 0 spiro atoms. The van der Waals surface area contributed by atoms with Crippen molar-refractivity contribution in [3.63, 3.8) is 0 Å². The molecule has 3 rings (SSSR count). The van der Waals surface area contributed by atoms with Crippen molar-refractivity contribution in [3.8, 4) is 0 Å². The Morgan fingerprint density at radius 3 is 2.31 bits per heavy atom. The van der Waals surface area contributed by atoms with Crippen LogP contribution in [-0.2, 0) is 4.79 Å². The molecule has 142 valence electrons. The van der Waals surface area contributed by atoms with E-state index in [0.29, 0.717) is 31.2 Å². The van der Waals surface area contributed by atoms with E-state index < -0.39 is 5.97 Å². The molecule has 2 aliphatic rings. The van der Waals surface area contributed by atoms with Crippen LogP contribution < -0.4 is 10.6 Å². The summed E-state index contributed by atoms with van der Waals surface area (Å²) in [5.74, 6) is -1.10. The Morgan fingerprint density at radius 2 is 1.69 bits per heavy atom. The average molecular weight is 362 g/mol. The first-order valence-electron chi connectivity index (χ1n) is 9.59. The summed E-state index contributed by atoms with van der Waals surface area (Å²) in [4.78, 5) is 23.5. The molecule has 6 heteroatoms. The maximum Gasteiger partial charge on any atom is 0.315 e. The van der Waals surface area contributed by atoms with Gasteiger partial charge >= 0.3 is 12.0 Å². The lowest BCUT2D eigenvalue weighted by molar-refractivity contribution is -0.142. The van der Waals surface area contributed by atoms with Gasteiger partial charge in [-0.3, -0.25) is 4.79 Å². The fourth-order valence-corrected chi connectivity index (χ4v) is 4.32. The SMILES string of the molecule is O=C(NC1CCC(C(=O)O)CC1)NC(c1ccccc1F)C1CCCC1. The summed E-state index contributed by atoms with van der Waals surface area (Å²) >= 11 is 0. The molecule has 1 atom stereocenters. The van der Waals surface area contributed by atoms with Crippen molar-refractivity contribution in [2.75, 3.05) is 0 Å². The molecule has 1 unspecified atom stereocenters. The van der Waals surface area contributed by atoms with E-state index in [1.165, 1.54) is 6.07 Å². The zero-order valence-electron chi connectivity index (χ0n) is 14.9. The number of aliphatic carboxylic acids is 1. The first-order valence-corrected chi connectivity index (χ1v) is 9.59. The number of carboxylic acid groups (broad SMARTS) is 1. The normalized spacial score (nSPS) is 24.8. The molecule has 1 aromatic rings. The minimum Gasteiger partial charge on any atom is -0.481 e. The van der Waals surface area contributed by atoms with E-state index in [4.69, 9.17) is 5.11 Å². The summed E-state index contributed by atoms with van der Waals surface area (Å²) in [6, 6.07) is 6.01. The van der Waals surface area contributed by atoms with Crippen molar-refractivity contribution in [3.05, 3.63) is 35.6 Å².